The number of para-hydroxylation sites is 2. The average molecular weight is 281 g/mol. The highest BCUT2D eigenvalue weighted by atomic mass is 32.2. The molecule has 0 aromatic heterocycles. The average Bonchev–Trinajstić information content (AvgIpc) is 2.36. The lowest BCUT2D eigenvalue weighted by Crippen LogP contribution is -2.24. The first-order chi connectivity index (χ1) is 9.02. The lowest BCUT2D eigenvalue weighted by molar-refractivity contribution is -0.113. The summed E-state index contributed by atoms with van der Waals surface area (Å²) in [6.45, 7) is 0. The summed E-state index contributed by atoms with van der Waals surface area (Å²) in [6.07, 6.45) is 0. The number of nitrogens with one attached hydrogen (secondary N) is 2. The van der Waals surface area contributed by atoms with Crippen molar-refractivity contribution < 1.29 is 9.53 Å². The summed E-state index contributed by atoms with van der Waals surface area (Å²) in [7, 11) is 1.52. The normalized spacial score (nSPS) is 9.53. The Balaban J connectivity index is 2.52. The quantitative estimate of drug-likeness (QED) is 0.474. The molecule has 0 unspecified atom stereocenters. The fraction of sp³-hybridized carbons (Fsp3) is 0.182. The summed E-state index contributed by atoms with van der Waals surface area (Å²) >= 11 is 0.929. The van der Waals surface area contributed by atoms with E-state index in [0.717, 1.165) is 11.8 Å². The molecule has 0 fully saturated rings. The van der Waals surface area contributed by atoms with Gasteiger partial charge in [0.05, 0.1) is 18.6 Å². The Bertz CT molecular complexity index is 500. The van der Waals surface area contributed by atoms with Crippen molar-refractivity contribution in [3.8, 4) is 5.75 Å². The minimum absolute atomic E-state index is 0.0354. The van der Waals surface area contributed by atoms with Crippen LogP contribution in [0.2, 0.25) is 0 Å². The Morgan fingerprint density at radius 1 is 1.47 bits per heavy atom. The van der Waals surface area contributed by atoms with Crippen LogP contribution in [-0.4, -0.2) is 29.9 Å². The van der Waals surface area contributed by atoms with Crippen molar-refractivity contribution in [3.05, 3.63) is 24.3 Å². The monoisotopic (exact) mass is 281 g/mol. The van der Waals surface area contributed by atoms with Crippen molar-refractivity contribution >= 4 is 34.5 Å². The Hall–Kier alpha value is -2.22. The minimum atomic E-state index is -0.273. The molecular weight excluding hydrogens is 266 g/mol. The number of rotatable bonds is 4. The van der Waals surface area contributed by atoms with Gasteiger partial charge in [0.1, 0.15) is 5.75 Å². The second-order valence-corrected chi connectivity index (χ2v) is 4.34. The van der Waals surface area contributed by atoms with E-state index in [9.17, 15) is 4.79 Å². The van der Waals surface area contributed by atoms with Crippen LogP contribution in [0.5, 0.6) is 5.75 Å². The molecule has 0 aliphatic carbocycles. The molecule has 102 valence electrons. The Morgan fingerprint density at radius 2 is 2.16 bits per heavy atom. The van der Waals surface area contributed by atoms with Gasteiger partial charge in [0.15, 0.2) is 11.1 Å². The van der Waals surface area contributed by atoms with Crippen LogP contribution in [0.1, 0.15) is 0 Å². The van der Waals surface area contributed by atoms with Crippen LogP contribution in [0.15, 0.2) is 29.3 Å². The molecule has 0 saturated heterocycles. The number of anilines is 1. The van der Waals surface area contributed by atoms with Gasteiger partial charge in [0.25, 0.3) is 0 Å². The van der Waals surface area contributed by atoms with E-state index in [1.54, 1.807) is 24.3 Å². The van der Waals surface area contributed by atoms with Gasteiger partial charge in [-0.15, -0.1) is 0 Å². The van der Waals surface area contributed by atoms with Crippen LogP contribution in [0.25, 0.3) is 0 Å². The highest BCUT2D eigenvalue weighted by Gasteiger charge is 2.08. The van der Waals surface area contributed by atoms with Crippen LogP contribution in [0.4, 0.5) is 5.69 Å². The lowest BCUT2D eigenvalue weighted by atomic mass is 10.3. The van der Waals surface area contributed by atoms with Crippen molar-refractivity contribution in [2.45, 2.75) is 0 Å². The molecule has 0 spiro atoms. The largest absolute Gasteiger partial charge is 0.495 e. The first-order valence-corrected chi connectivity index (χ1v) is 6.25. The Labute approximate surface area is 114 Å². The smallest absolute Gasteiger partial charge is 0.234 e. The van der Waals surface area contributed by atoms with Crippen molar-refractivity contribution in [3.63, 3.8) is 0 Å². The maximum absolute atomic E-state index is 11.7. The number of aliphatic imine (C=N–C) groups is 1. The van der Waals surface area contributed by atoms with Gasteiger partial charge < -0.3 is 21.5 Å². The third kappa shape index (κ3) is 5.30. The minimum Gasteiger partial charge on any atom is -0.495 e. The summed E-state index contributed by atoms with van der Waals surface area (Å²) in [4.78, 5) is 15.2. The predicted octanol–water partition coefficient (Wildman–Crippen LogP) is 0.575. The number of carbonyl (C=O) groups excluding carboxylic acids is 1. The number of thioether (sulfide) groups is 1. The van der Waals surface area contributed by atoms with Crippen molar-refractivity contribution in [2.75, 3.05) is 18.2 Å². The van der Waals surface area contributed by atoms with Crippen LogP contribution in [0.3, 0.4) is 0 Å². The molecule has 8 heteroatoms. The standard InChI is InChI=1S/C11H15N5O2S/c1-18-8-5-3-2-4-7(8)15-9(17)6-19-11(14)16-10(12)13/h2-5H,6H2,1H3,(H,15,17)(H5,12,13,14,16). The Morgan fingerprint density at radius 3 is 2.79 bits per heavy atom. The number of nitrogens with zero attached hydrogens (tertiary/aromatic N) is 1. The first-order valence-electron chi connectivity index (χ1n) is 5.26. The molecule has 7 nitrogen and oxygen atoms in total. The zero-order chi connectivity index (χ0) is 14.3. The van der Waals surface area contributed by atoms with E-state index in [1.165, 1.54) is 7.11 Å². The highest BCUT2D eigenvalue weighted by molar-refractivity contribution is 8.14. The molecule has 0 heterocycles. The lowest BCUT2D eigenvalue weighted by Gasteiger charge is -2.09. The van der Waals surface area contributed by atoms with E-state index in [2.05, 4.69) is 10.3 Å². The molecule has 0 atom stereocenters. The van der Waals surface area contributed by atoms with Gasteiger partial charge in [-0.1, -0.05) is 23.9 Å². The van der Waals surface area contributed by atoms with E-state index < -0.39 is 0 Å². The number of methoxy groups -OCH3 is 1. The highest BCUT2D eigenvalue weighted by Crippen LogP contribution is 2.23. The topological polar surface area (TPSA) is 127 Å². The van der Waals surface area contributed by atoms with E-state index in [4.69, 9.17) is 21.6 Å². The van der Waals surface area contributed by atoms with Crippen LogP contribution < -0.4 is 21.5 Å². The number of benzene rings is 1. The molecule has 0 aliphatic rings. The van der Waals surface area contributed by atoms with Crippen LogP contribution in [-0.2, 0) is 4.79 Å². The molecule has 6 N–H and O–H groups in total. The summed E-state index contributed by atoms with van der Waals surface area (Å²) in [5, 5.41) is 9.94. The number of nitrogens with two attached hydrogens (primary N) is 2. The van der Waals surface area contributed by atoms with Crippen LogP contribution in [0, 0.1) is 5.41 Å². The second kappa shape index (κ2) is 7.27. The van der Waals surface area contributed by atoms with Gasteiger partial charge >= 0.3 is 0 Å². The number of guanidine groups is 1. The molecule has 1 amide bonds. The van der Waals surface area contributed by atoms with Crippen LogP contribution >= 0.6 is 11.8 Å². The molecular formula is C11H15N5O2S. The number of hydrogen-bond donors (Lipinski definition) is 4. The fourth-order valence-electron chi connectivity index (χ4n) is 1.22. The number of carbonyl (C=O) groups is 1. The third-order valence-corrected chi connectivity index (χ3v) is 2.72. The zero-order valence-electron chi connectivity index (χ0n) is 10.3. The molecule has 0 saturated carbocycles. The zero-order valence-corrected chi connectivity index (χ0v) is 11.2. The first kappa shape index (κ1) is 14.8. The van der Waals surface area contributed by atoms with Crippen molar-refractivity contribution in [1.82, 2.24) is 0 Å². The number of amides is 1. The Kier molecular flexibility index (Phi) is 5.68. The van der Waals surface area contributed by atoms with E-state index in [-0.39, 0.29) is 22.8 Å². The molecule has 1 aromatic carbocycles. The molecule has 0 aliphatic heterocycles. The van der Waals surface area contributed by atoms with E-state index in [0.29, 0.717) is 11.4 Å². The second-order valence-electron chi connectivity index (χ2n) is 3.38. The molecule has 0 radical (unpaired) electrons. The van der Waals surface area contributed by atoms with Gasteiger partial charge in [-0.2, -0.15) is 4.99 Å². The molecule has 0 bridgehead atoms. The summed E-state index contributed by atoms with van der Waals surface area (Å²) in [5.41, 5.74) is 10.8. The maximum Gasteiger partial charge on any atom is 0.234 e. The van der Waals surface area contributed by atoms with E-state index in [1.807, 2.05) is 0 Å². The number of amidine groups is 1. The maximum atomic E-state index is 11.7. The molecule has 19 heavy (non-hydrogen) atoms. The van der Waals surface area contributed by atoms with Gasteiger partial charge in [0.2, 0.25) is 5.91 Å². The SMILES string of the molecule is COc1ccccc1NC(=O)CSC(=N)N=C(N)N. The molecule has 1 rings (SSSR count). The third-order valence-electron chi connectivity index (χ3n) is 1.95. The van der Waals surface area contributed by atoms with Crippen molar-refractivity contribution in [1.29, 1.82) is 5.41 Å². The molecule has 1 aromatic rings. The van der Waals surface area contributed by atoms with Gasteiger partial charge in [-0.3, -0.25) is 10.2 Å². The van der Waals surface area contributed by atoms with Crippen molar-refractivity contribution in [2.24, 2.45) is 16.5 Å². The summed E-state index contributed by atoms with van der Waals surface area (Å²) in [5.74, 6) is 0.126. The number of hydrogen-bond acceptors (Lipinski definition) is 4. The van der Waals surface area contributed by atoms with Gasteiger partial charge in [-0.25, -0.2) is 0 Å². The van der Waals surface area contributed by atoms with Gasteiger partial charge in [0, 0.05) is 0 Å². The predicted molar refractivity (Wildman–Crippen MR) is 77.6 cm³/mol. The number of ether oxygens (including phenoxy) is 1. The fourth-order valence-corrected chi connectivity index (χ4v) is 1.73. The summed E-state index contributed by atoms with van der Waals surface area (Å²) in [6, 6.07) is 7.05. The van der Waals surface area contributed by atoms with E-state index >= 15 is 0 Å². The summed E-state index contributed by atoms with van der Waals surface area (Å²) < 4.78 is 5.11. The van der Waals surface area contributed by atoms with Gasteiger partial charge in [-0.05, 0) is 12.1 Å².